The van der Waals surface area contributed by atoms with Gasteiger partial charge in [-0.3, -0.25) is 9.89 Å². The molecule has 8 heteroatoms. The number of H-pyrrole nitrogens is 1. The Morgan fingerprint density at radius 1 is 1.04 bits per heavy atom. The maximum atomic E-state index is 12.3. The number of rotatable bonds is 4. The Labute approximate surface area is 165 Å². The molecule has 1 aromatic heterocycles. The van der Waals surface area contributed by atoms with E-state index in [0.717, 1.165) is 11.1 Å². The topological polar surface area (TPSA) is 70.1 Å². The SMILES string of the molecule is C/C(=N/NC(=O)c1cc(-c2ccc(Cl)c(Cl)c2)n[nH]1)c1ccccc1Cl. The molecule has 1 amide bonds. The predicted molar refractivity (Wildman–Crippen MR) is 105 cm³/mol. The van der Waals surface area contributed by atoms with Crippen molar-refractivity contribution in [1.82, 2.24) is 15.6 Å². The zero-order valence-corrected chi connectivity index (χ0v) is 15.8. The lowest BCUT2D eigenvalue weighted by atomic mass is 10.1. The number of hydrogen-bond acceptors (Lipinski definition) is 3. The number of nitrogens with one attached hydrogen (secondary N) is 2. The van der Waals surface area contributed by atoms with E-state index in [1.807, 2.05) is 18.2 Å². The summed E-state index contributed by atoms with van der Waals surface area (Å²) in [4.78, 5) is 12.3. The number of halogens is 3. The highest BCUT2D eigenvalue weighted by atomic mass is 35.5. The molecule has 0 aliphatic carbocycles. The first-order chi connectivity index (χ1) is 12.5. The Balaban J connectivity index is 1.75. The Morgan fingerprint density at radius 2 is 1.81 bits per heavy atom. The Kier molecular flexibility index (Phi) is 5.61. The number of aromatic amines is 1. The zero-order chi connectivity index (χ0) is 18.7. The van der Waals surface area contributed by atoms with Crippen LogP contribution < -0.4 is 5.43 Å². The summed E-state index contributed by atoms with van der Waals surface area (Å²) >= 11 is 18.0. The van der Waals surface area contributed by atoms with Crippen molar-refractivity contribution in [1.29, 1.82) is 0 Å². The molecule has 0 saturated carbocycles. The highest BCUT2D eigenvalue weighted by molar-refractivity contribution is 6.42. The molecule has 0 bridgehead atoms. The highest BCUT2D eigenvalue weighted by Crippen LogP contribution is 2.27. The predicted octanol–water partition coefficient (Wildman–Crippen LogP) is 5.19. The van der Waals surface area contributed by atoms with Crippen LogP contribution in [0.5, 0.6) is 0 Å². The average molecular weight is 408 g/mol. The van der Waals surface area contributed by atoms with E-state index in [9.17, 15) is 4.79 Å². The van der Waals surface area contributed by atoms with Crippen LogP contribution in [0.3, 0.4) is 0 Å². The number of hydrogen-bond donors (Lipinski definition) is 2. The van der Waals surface area contributed by atoms with Crippen molar-refractivity contribution in [2.45, 2.75) is 6.92 Å². The summed E-state index contributed by atoms with van der Waals surface area (Å²) in [5, 5.41) is 12.3. The Morgan fingerprint density at radius 3 is 2.54 bits per heavy atom. The van der Waals surface area contributed by atoms with Crippen LogP contribution in [0, 0.1) is 0 Å². The van der Waals surface area contributed by atoms with Gasteiger partial charge in [0.1, 0.15) is 5.69 Å². The molecule has 0 atom stereocenters. The molecule has 26 heavy (non-hydrogen) atoms. The van der Waals surface area contributed by atoms with Gasteiger partial charge in [-0.1, -0.05) is 59.1 Å². The van der Waals surface area contributed by atoms with Crippen LogP contribution >= 0.6 is 34.8 Å². The number of aromatic nitrogens is 2. The van der Waals surface area contributed by atoms with E-state index in [4.69, 9.17) is 34.8 Å². The van der Waals surface area contributed by atoms with E-state index in [1.165, 1.54) is 0 Å². The molecule has 5 nitrogen and oxygen atoms in total. The van der Waals surface area contributed by atoms with Crippen LogP contribution in [-0.2, 0) is 0 Å². The van der Waals surface area contributed by atoms with E-state index in [-0.39, 0.29) is 5.69 Å². The molecular formula is C18H13Cl3N4O. The molecule has 2 aromatic carbocycles. The highest BCUT2D eigenvalue weighted by Gasteiger charge is 2.12. The quantitative estimate of drug-likeness (QED) is 0.461. The molecule has 0 unspecified atom stereocenters. The van der Waals surface area contributed by atoms with Crippen LogP contribution in [0.25, 0.3) is 11.3 Å². The van der Waals surface area contributed by atoms with Gasteiger partial charge in [0.15, 0.2) is 0 Å². The second-order valence-electron chi connectivity index (χ2n) is 5.41. The summed E-state index contributed by atoms with van der Waals surface area (Å²) in [6, 6.07) is 14.0. The molecule has 2 N–H and O–H groups in total. The number of nitrogens with zero attached hydrogens (tertiary/aromatic N) is 2. The van der Waals surface area contributed by atoms with Gasteiger partial charge in [-0.25, -0.2) is 5.43 Å². The van der Waals surface area contributed by atoms with Crippen molar-refractivity contribution in [3.05, 3.63) is 74.9 Å². The van der Waals surface area contributed by atoms with Gasteiger partial charge < -0.3 is 0 Å². The van der Waals surface area contributed by atoms with E-state index in [0.29, 0.717) is 26.5 Å². The number of carbonyl (C=O) groups is 1. The lowest BCUT2D eigenvalue weighted by Crippen LogP contribution is -2.19. The molecular weight excluding hydrogens is 395 g/mol. The van der Waals surface area contributed by atoms with E-state index < -0.39 is 5.91 Å². The fraction of sp³-hybridized carbons (Fsp3) is 0.0556. The van der Waals surface area contributed by atoms with E-state index in [1.54, 1.807) is 37.3 Å². The van der Waals surface area contributed by atoms with Crippen molar-refractivity contribution in [2.24, 2.45) is 5.10 Å². The summed E-state index contributed by atoms with van der Waals surface area (Å²) < 4.78 is 0. The molecule has 0 spiro atoms. The van der Waals surface area contributed by atoms with Gasteiger partial charge in [0, 0.05) is 16.1 Å². The fourth-order valence-electron chi connectivity index (χ4n) is 2.25. The van der Waals surface area contributed by atoms with Crippen LogP contribution in [-0.4, -0.2) is 21.8 Å². The summed E-state index contributed by atoms with van der Waals surface area (Å²) in [6.07, 6.45) is 0. The molecule has 1 heterocycles. The normalized spacial score (nSPS) is 11.5. The number of carbonyl (C=O) groups excluding carboxylic acids is 1. The van der Waals surface area contributed by atoms with E-state index in [2.05, 4.69) is 20.7 Å². The zero-order valence-electron chi connectivity index (χ0n) is 13.6. The monoisotopic (exact) mass is 406 g/mol. The molecule has 0 saturated heterocycles. The van der Waals surface area contributed by atoms with Gasteiger partial charge >= 0.3 is 0 Å². The molecule has 0 aliphatic rings. The molecule has 3 aromatic rings. The van der Waals surface area contributed by atoms with Gasteiger partial charge in [0.25, 0.3) is 5.91 Å². The smallest absolute Gasteiger partial charge is 0.272 e. The van der Waals surface area contributed by atoms with Gasteiger partial charge in [-0.2, -0.15) is 10.2 Å². The fourth-order valence-corrected chi connectivity index (χ4v) is 2.82. The second kappa shape index (κ2) is 7.91. The molecule has 0 aliphatic heterocycles. The first-order valence-electron chi connectivity index (χ1n) is 7.56. The van der Waals surface area contributed by atoms with Gasteiger partial charge in [0.05, 0.1) is 21.5 Å². The van der Waals surface area contributed by atoms with Crippen LogP contribution in [0.2, 0.25) is 15.1 Å². The maximum absolute atomic E-state index is 12.3. The minimum atomic E-state index is -0.421. The lowest BCUT2D eigenvalue weighted by molar-refractivity contribution is 0.0950. The minimum absolute atomic E-state index is 0.266. The van der Waals surface area contributed by atoms with Crippen LogP contribution in [0.4, 0.5) is 0 Å². The second-order valence-corrected chi connectivity index (χ2v) is 6.64. The molecule has 132 valence electrons. The summed E-state index contributed by atoms with van der Waals surface area (Å²) in [7, 11) is 0. The molecule has 0 fully saturated rings. The van der Waals surface area contributed by atoms with Crippen LogP contribution in [0.1, 0.15) is 23.0 Å². The van der Waals surface area contributed by atoms with Crippen LogP contribution in [0.15, 0.2) is 53.6 Å². The van der Waals surface area contributed by atoms with Gasteiger partial charge in [-0.05, 0) is 31.2 Å². The molecule has 3 rings (SSSR count). The van der Waals surface area contributed by atoms with Crippen molar-refractivity contribution >= 4 is 46.4 Å². The maximum Gasteiger partial charge on any atom is 0.289 e. The third kappa shape index (κ3) is 4.07. The molecule has 0 radical (unpaired) electrons. The van der Waals surface area contributed by atoms with Gasteiger partial charge in [0.2, 0.25) is 0 Å². The standard InChI is InChI=1S/C18H13Cl3N4O/c1-10(12-4-2-3-5-13(12)19)22-25-18(26)17-9-16(23-24-17)11-6-7-14(20)15(21)8-11/h2-9H,1H3,(H,23,24)(H,25,26)/b22-10-. The van der Waals surface area contributed by atoms with Gasteiger partial charge in [-0.15, -0.1) is 0 Å². The number of amides is 1. The first kappa shape index (κ1) is 18.5. The van der Waals surface area contributed by atoms with Crippen molar-refractivity contribution < 1.29 is 4.79 Å². The summed E-state index contributed by atoms with van der Waals surface area (Å²) in [5.41, 5.74) is 5.40. The summed E-state index contributed by atoms with van der Waals surface area (Å²) in [5.74, 6) is -0.421. The Hall–Kier alpha value is -2.34. The van der Waals surface area contributed by atoms with Crippen molar-refractivity contribution in [3.8, 4) is 11.3 Å². The van der Waals surface area contributed by atoms with Crippen molar-refractivity contribution in [3.63, 3.8) is 0 Å². The van der Waals surface area contributed by atoms with Crippen molar-refractivity contribution in [2.75, 3.05) is 0 Å². The Bertz CT molecular complexity index is 998. The largest absolute Gasteiger partial charge is 0.289 e. The first-order valence-corrected chi connectivity index (χ1v) is 8.69. The number of benzene rings is 2. The number of hydrazone groups is 1. The third-order valence-electron chi connectivity index (χ3n) is 3.63. The summed E-state index contributed by atoms with van der Waals surface area (Å²) in [6.45, 7) is 1.76. The lowest BCUT2D eigenvalue weighted by Gasteiger charge is -2.03. The average Bonchev–Trinajstić information content (AvgIpc) is 3.12. The minimum Gasteiger partial charge on any atom is -0.272 e. The van der Waals surface area contributed by atoms with E-state index >= 15 is 0 Å². The third-order valence-corrected chi connectivity index (χ3v) is 4.70.